The standard InChI is InChI=1S/C24H25F2N7O2/c25-16-6-7-19(18(26)10-16)33-24(35)30-11-14-3-1-4-15(9-14)20-13-29-22(27)21(32-20)23(34)31-17-5-2-8-28-12-17/h1,3-4,6-7,9-10,13,17,28H,2,5,8,11-12H2,(H2,27,29)(H,31,34)(H2,30,33,35)/t17-/m0/s1. The molecule has 3 aromatic rings. The van der Waals surface area contributed by atoms with E-state index in [1.54, 1.807) is 24.3 Å². The highest BCUT2D eigenvalue weighted by molar-refractivity contribution is 5.97. The van der Waals surface area contributed by atoms with Gasteiger partial charge in [-0.2, -0.15) is 0 Å². The Hall–Kier alpha value is -4.12. The number of rotatable bonds is 6. The number of nitrogens with one attached hydrogen (secondary N) is 4. The van der Waals surface area contributed by atoms with Crippen molar-refractivity contribution < 1.29 is 18.4 Å². The van der Waals surface area contributed by atoms with Crippen LogP contribution < -0.4 is 27.0 Å². The second kappa shape index (κ2) is 10.9. The summed E-state index contributed by atoms with van der Waals surface area (Å²) < 4.78 is 26.7. The summed E-state index contributed by atoms with van der Waals surface area (Å²) in [5.41, 5.74) is 7.69. The summed E-state index contributed by atoms with van der Waals surface area (Å²) >= 11 is 0. The van der Waals surface area contributed by atoms with Crippen molar-refractivity contribution in [3.8, 4) is 11.3 Å². The van der Waals surface area contributed by atoms with Crippen LogP contribution in [0.4, 0.5) is 25.1 Å². The number of urea groups is 1. The number of aromatic nitrogens is 2. The van der Waals surface area contributed by atoms with Crippen LogP contribution in [0.5, 0.6) is 0 Å². The third-order valence-electron chi connectivity index (χ3n) is 5.50. The highest BCUT2D eigenvalue weighted by atomic mass is 19.1. The molecule has 182 valence electrons. The van der Waals surface area contributed by atoms with Crippen LogP contribution in [-0.4, -0.2) is 41.0 Å². The van der Waals surface area contributed by atoms with Crippen molar-refractivity contribution in [2.24, 2.45) is 0 Å². The van der Waals surface area contributed by atoms with Gasteiger partial charge in [-0.05, 0) is 43.1 Å². The van der Waals surface area contributed by atoms with Crippen LogP contribution in [0.1, 0.15) is 28.9 Å². The van der Waals surface area contributed by atoms with Gasteiger partial charge in [0.25, 0.3) is 5.91 Å². The maximum atomic E-state index is 13.7. The molecule has 0 radical (unpaired) electrons. The minimum atomic E-state index is -0.872. The first-order valence-electron chi connectivity index (χ1n) is 11.1. The zero-order valence-electron chi connectivity index (χ0n) is 18.8. The average molecular weight is 482 g/mol. The lowest BCUT2D eigenvalue weighted by Gasteiger charge is -2.23. The first-order chi connectivity index (χ1) is 16.9. The predicted molar refractivity (Wildman–Crippen MR) is 127 cm³/mol. The number of piperidine rings is 1. The summed E-state index contributed by atoms with van der Waals surface area (Å²) in [6.07, 6.45) is 3.33. The molecule has 0 unspecified atom stereocenters. The molecule has 11 heteroatoms. The minimum absolute atomic E-state index is 0.00467. The number of halogens is 2. The fourth-order valence-corrected chi connectivity index (χ4v) is 3.71. The van der Waals surface area contributed by atoms with Gasteiger partial charge in [0.15, 0.2) is 11.5 Å². The summed E-state index contributed by atoms with van der Waals surface area (Å²) in [7, 11) is 0. The van der Waals surface area contributed by atoms with Crippen molar-refractivity contribution in [1.82, 2.24) is 25.9 Å². The summed E-state index contributed by atoms with van der Waals surface area (Å²) in [5.74, 6) is -1.95. The molecule has 2 heterocycles. The Kier molecular flexibility index (Phi) is 7.46. The van der Waals surface area contributed by atoms with Crippen LogP contribution in [0.3, 0.4) is 0 Å². The van der Waals surface area contributed by atoms with Gasteiger partial charge >= 0.3 is 6.03 Å². The van der Waals surface area contributed by atoms with E-state index in [9.17, 15) is 18.4 Å². The van der Waals surface area contributed by atoms with Crippen LogP contribution in [0.25, 0.3) is 11.3 Å². The second-order valence-electron chi connectivity index (χ2n) is 8.14. The summed E-state index contributed by atoms with van der Waals surface area (Å²) in [4.78, 5) is 33.4. The van der Waals surface area contributed by atoms with Gasteiger partial charge in [-0.15, -0.1) is 0 Å². The molecule has 35 heavy (non-hydrogen) atoms. The number of hydrogen-bond acceptors (Lipinski definition) is 6. The van der Waals surface area contributed by atoms with E-state index in [0.717, 1.165) is 37.1 Å². The lowest BCUT2D eigenvalue weighted by molar-refractivity contribution is 0.0926. The lowest BCUT2D eigenvalue weighted by Crippen LogP contribution is -2.46. The van der Waals surface area contributed by atoms with Gasteiger partial charge in [0.1, 0.15) is 11.6 Å². The van der Waals surface area contributed by atoms with E-state index in [4.69, 9.17) is 5.73 Å². The molecule has 3 amide bonds. The zero-order chi connectivity index (χ0) is 24.8. The number of benzene rings is 2. The van der Waals surface area contributed by atoms with E-state index in [1.165, 1.54) is 6.20 Å². The summed E-state index contributed by atoms with van der Waals surface area (Å²) in [6.45, 7) is 1.75. The molecule has 1 aliphatic heterocycles. The highest BCUT2D eigenvalue weighted by Crippen LogP contribution is 2.20. The Labute approximate surface area is 200 Å². The third-order valence-corrected chi connectivity index (χ3v) is 5.50. The molecule has 1 aliphatic rings. The number of carbonyl (C=O) groups is 2. The number of carbonyl (C=O) groups excluding carboxylic acids is 2. The Morgan fingerprint density at radius 1 is 1.17 bits per heavy atom. The first-order valence-corrected chi connectivity index (χ1v) is 11.1. The van der Waals surface area contributed by atoms with Gasteiger partial charge in [0.2, 0.25) is 0 Å². The molecular weight excluding hydrogens is 456 g/mol. The van der Waals surface area contributed by atoms with Crippen molar-refractivity contribution in [3.05, 3.63) is 71.6 Å². The van der Waals surface area contributed by atoms with Crippen LogP contribution in [0.15, 0.2) is 48.7 Å². The Morgan fingerprint density at radius 3 is 2.80 bits per heavy atom. The molecular formula is C24H25F2N7O2. The zero-order valence-corrected chi connectivity index (χ0v) is 18.8. The highest BCUT2D eigenvalue weighted by Gasteiger charge is 2.20. The van der Waals surface area contributed by atoms with Crippen LogP contribution in [-0.2, 0) is 6.54 Å². The first kappa shape index (κ1) is 24.0. The van der Waals surface area contributed by atoms with Gasteiger partial charge in [-0.3, -0.25) is 4.79 Å². The van der Waals surface area contributed by atoms with Crippen molar-refractivity contribution in [2.75, 3.05) is 24.1 Å². The summed E-state index contributed by atoms with van der Waals surface area (Å²) in [6, 6.07) is 9.38. The Balaban J connectivity index is 1.42. The quantitative estimate of drug-likeness (QED) is 0.368. The van der Waals surface area contributed by atoms with E-state index in [-0.39, 0.29) is 35.7 Å². The van der Waals surface area contributed by atoms with Crippen LogP contribution in [0, 0.1) is 11.6 Å². The molecule has 0 bridgehead atoms. The van der Waals surface area contributed by atoms with Crippen molar-refractivity contribution in [2.45, 2.75) is 25.4 Å². The number of anilines is 2. The van der Waals surface area contributed by atoms with E-state index in [2.05, 4.69) is 31.2 Å². The number of nitrogens with zero attached hydrogens (tertiary/aromatic N) is 2. The minimum Gasteiger partial charge on any atom is -0.382 e. The van der Waals surface area contributed by atoms with Gasteiger partial charge in [0, 0.05) is 30.8 Å². The molecule has 1 atom stereocenters. The van der Waals surface area contributed by atoms with Crippen LogP contribution >= 0.6 is 0 Å². The fraction of sp³-hybridized carbons (Fsp3) is 0.250. The van der Waals surface area contributed by atoms with E-state index < -0.39 is 17.7 Å². The molecule has 1 aromatic heterocycles. The molecule has 0 spiro atoms. The van der Waals surface area contributed by atoms with Crippen LogP contribution in [0.2, 0.25) is 0 Å². The predicted octanol–water partition coefficient (Wildman–Crippen LogP) is 2.81. The van der Waals surface area contributed by atoms with E-state index in [0.29, 0.717) is 23.9 Å². The maximum Gasteiger partial charge on any atom is 0.319 e. The van der Waals surface area contributed by atoms with Crippen molar-refractivity contribution in [1.29, 1.82) is 0 Å². The third kappa shape index (κ3) is 6.27. The molecule has 2 aromatic carbocycles. The fourth-order valence-electron chi connectivity index (χ4n) is 3.71. The Morgan fingerprint density at radius 2 is 2.03 bits per heavy atom. The van der Waals surface area contributed by atoms with Crippen molar-refractivity contribution >= 4 is 23.4 Å². The monoisotopic (exact) mass is 481 g/mol. The molecule has 0 saturated carbocycles. The smallest absolute Gasteiger partial charge is 0.319 e. The number of hydrogen-bond donors (Lipinski definition) is 5. The van der Waals surface area contributed by atoms with E-state index >= 15 is 0 Å². The topological polar surface area (TPSA) is 134 Å². The molecule has 1 saturated heterocycles. The number of amides is 3. The van der Waals surface area contributed by atoms with Gasteiger partial charge in [-0.25, -0.2) is 23.5 Å². The van der Waals surface area contributed by atoms with Gasteiger partial charge < -0.3 is 27.0 Å². The molecule has 6 N–H and O–H groups in total. The van der Waals surface area contributed by atoms with Crippen molar-refractivity contribution in [3.63, 3.8) is 0 Å². The lowest BCUT2D eigenvalue weighted by atomic mass is 10.1. The molecule has 1 fully saturated rings. The largest absolute Gasteiger partial charge is 0.382 e. The normalized spacial score (nSPS) is 15.3. The maximum absolute atomic E-state index is 13.7. The van der Waals surface area contributed by atoms with Gasteiger partial charge in [0.05, 0.1) is 17.6 Å². The van der Waals surface area contributed by atoms with E-state index in [1.807, 2.05) is 0 Å². The Bertz CT molecular complexity index is 1230. The van der Waals surface area contributed by atoms with Gasteiger partial charge in [-0.1, -0.05) is 18.2 Å². The second-order valence-corrected chi connectivity index (χ2v) is 8.14. The number of nitrogen functional groups attached to an aromatic ring is 1. The summed E-state index contributed by atoms with van der Waals surface area (Å²) in [5, 5.41) is 11.1. The number of nitrogens with two attached hydrogens (primary N) is 1. The average Bonchev–Trinajstić information content (AvgIpc) is 2.85. The molecule has 9 nitrogen and oxygen atoms in total. The molecule has 4 rings (SSSR count). The SMILES string of the molecule is Nc1ncc(-c2cccc(CNC(=O)Nc3ccc(F)cc3F)c2)nc1C(=O)N[C@H]1CCCNC1. The molecule has 0 aliphatic carbocycles.